The van der Waals surface area contributed by atoms with E-state index in [4.69, 9.17) is 14.2 Å². The molecule has 1 aliphatic rings. The van der Waals surface area contributed by atoms with E-state index >= 15 is 0 Å². The summed E-state index contributed by atoms with van der Waals surface area (Å²) in [6.45, 7) is 5.25. The molecule has 9 nitrogen and oxygen atoms in total. The van der Waals surface area contributed by atoms with Crippen molar-refractivity contribution in [3.8, 4) is 11.5 Å². The number of hydrogen-bond acceptors (Lipinski definition) is 6. The van der Waals surface area contributed by atoms with Gasteiger partial charge < -0.3 is 30.2 Å². The molecule has 0 fully saturated rings. The third kappa shape index (κ3) is 5.88. The van der Waals surface area contributed by atoms with E-state index in [0.29, 0.717) is 32.9 Å². The standard InChI is InChI=1S/C24H26BrN3O6/c1-5-33-23(30)21-14(3)26-24(31)28-22(21)16-10-18(32-4)19(11-17(16)25)34-12-20(29)27-15-8-6-13(2)7-9-15/h6-11,22H,5,12H2,1-4H3,(H,27,29)(H2,26,28,31)/t22-/m0/s1. The van der Waals surface area contributed by atoms with E-state index in [1.54, 1.807) is 26.0 Å². The minimum atomic E-state index is -0.782. The first-order chi connectivity index (χ1) is 16.2. The number of rotatable bonds is 8. The maximum Gasteiger partial charge on any atom is 0.338 e. The van der Waals surface area contributed by atoms with E-state index < -0.39 is 18.0 Å². The van der Waals surface area contributed by atoms with Crippen LogP contribution in [0.15, 0.2) is 52.1 Å². The van der Waals surface area contributed by atoms with Gasteiger partial charge in [-0.3, -0.25) is 4.79 Å². The number of urea groups is 1. The smallest absolute Gasteiger partial charge is 0.338 e. The van der Waals surface area contributed by atoms with E-state index in [0.717, 1.165) is 5.56 Å². The van der Waals surface area contributed by atoms with E-state index in [9.17, 15) is 14.4 Å². The Morgan fingerprint density at radius 3 is 2.47 bits per heavy atom. The van der Waals surface area contributed by atoms with Crippen molar-refractivity contribution in [2.45, 2.75) is 26.8 Å². The highest BCUT2D eigenvalue weighted by molar-refractivity contribution is 9.10. The number of amides is 3. The summed E-state index contributed by atoms with van der Waals surface area (Å²) in [6.07, 6.45) is 0. The number of aryl methyl sites for hydroxylation is 1. The van der Waals surface area contributed by atoms with Crippen LogP contribution in [0.4, 0.5) is 10.5 Å². The molecule has 2 aromatic carbocycles. The third-order valence-corrected chi connectivity index (χ3v) is 5.74. The fourth-order valence-corrected chi connectivity index (χ4v) is 3.98. The van der Waals surface area contributed by atoms with Crippen molar-refractivity contribution in [2.24, 2.45) is 0 Å². The Kier molecular flexibility index (Phi) is 8.17. The lowest BCUT2D eigenvalue weighted by atomic mass is 9.95. The van der Waals surface area contributed by atoms with Gasteiger partial charge in [-0.1, -0.05) is 33.6 Å². The third-order valence-electron chi connectivity index (χ3n) is 5.05. The summed E-state index contributed by atoms with van der Waals surface area (Å²) in [5, 5.41) is 8.11. The van der Waals surface area contributed by atoms with Crippen LogP contribution in [0.25, 0.3) is 0 Å². The first-order valence-corrected chi connectivity index (χ1v) is 11.3. The summed E-state index contributed by atoms with van der Waals surface area (Å²) in [5.74, 6) is -0.234. The Morgan fingerprint density at radius 1 is 1.12 bits per heavy atom. The van der Waals surface area contributed by atoms with Gasteiger partial charge in [0.25, 0.3) is 5.91 Å². The molecule has 0 saturated carbocycles. The molecule has 180 valence electrons. The summed E-state index contributed by atoms with van der Waals surface area (Å²) in [4.78, 5) is 37.0. The van der Waals surface area contributed by atoms with Crippen molar-refractivity contribution >= 4 is 39.5 Å². The molecule has 0 aromatic heterocycles. The summed E-state index contributed by atoms with van der Waals surface area (Å²) < 4.78 is 16.9. The van der Waals surface area contributed by atoms with Crippen LogP contribution < -0.4 is 25.4 Å². The lowest BCUT2D eigenvalue weighted by Gasteiger charge is -2.29. The second-order valence-corrected chi connectivity index (χ2v) is 8.37. The second-order valence-electron chi connectivity index (χ2n) is 7.52. The van der Waals surface area contributed by atoms with Gasteiger partial charge in [0.15, 0.2) is 18.1 Å². The molecule has 0 radical (unpaired) electrons. The van der Waals surface area contributed by atoms with Crippen molar-refractivity contribution in [1.82, 2.24) is 10.6 Å². The molecule has 1 heterocycles. The number of ether oxygens (including phenoxy) is 3. The van der Waals surface area contributed by atoms with Gasteiger partial charge in [0.05, 0.1) is 25.3 Å². The Bertz CT molecular complexity index is 1130. The Labute approximate surface area is 206 Å². The van der Waals surface area contributed by atoms with E-state index in [2.05, 4.69) is 31.9 Å². The molecule has 0 saturated heterocycles. The second kappa shape index (κ2) is 11.1. The summed E-state index contributed by atoms with van der Waals surface area (Å²) >= 11 is 3.49. The molecule has 34 heavy (non-hydrogen) atoms. The highest BCUT2D eigenvalue weighted by Gasteiger charge is 2.34. The minimum absolute atomic E-state index is 0.193. The minimum Gasteiger partial charge on any atom is -0.493 e. The number of methoxy groups -OCH3 is 1. The molecule has 3 amide bonds. The molecule has 1 atom stereocenters. The Balaban J connectivity index is 1.82. The van der Waals surface area contributed by atoms with Crippen LogP contribution in [0.2, 0.25) is 0 Å². The molecule has 2 aromatic rings. The number of anilines is 1. The topological polar surface area (TPSA) is 115 Å². The predicted molar refractivity (Wildman–Crippen MR) is 130 cm³/mol. The van der Waals surface area contributed by atoms with Gasteiger partial charge in [0, 0.05) is 15.9 Å². The van der Waals surface area contributed by atoms with Crippen LogP contribution >= 0.6 is 15.9 Å². The van der Waals surface area contributed by atoms with Crippen molar-refractivity contribution in [1.29, 1.82) is 0 Å². The lowest BCUT2D eigenvalue weighted by molar-refractivity contribution is -0.139. The average molecular weight is 532 g/mol. The number of carbonyl (C=O) groups is 3. The number of nitrogens with one attached hydrogen (secondary N) is 3. The van der Waals surface area contributed by atoms with Crippen molar-refractivity contribution < 1.29 is 28.6 Å². The molecule has 1 aliphatic heterocycles. The molecule has 0 spiro atoms. The van der Waals surface area contributed by atoms with Crippen LogP contribution in [0.5, 0.6) is 11.5 Å². The zero-order valence-electron chi connectivity index (χ0n) is 19.3. The molecule has 3 N–H and O–H groups in total. The zero-order chi connectivity index (χ0) is 24.8. The van der Waals surface area contributed by atoms with Crippen molar-refractivity contribution in [3.63, 3.8) is 0 Å². The fraction of sp³-hybridized carbons (Fsp3) is 0.292. The van der Waals surface area contributed by atoms with Crippen molar-refractivity contribution in [3.05, 3.63) is 63.3 Å². The lowest BCUT2D eigenvalue weighted by Crippen LogP contribution is -2.45. The SMILES string of the molecule is CCOC(=O)C1=C(C)NC(=O)N[C@H]1c1cc(OC)c(OCC(=O)Nc2ccc(C)cc2)cc1Br. The predicted octanol–water partition coefficient (Wildman–Crippen LogP) is 3.97. The molecule has 10 heteroatoms. The number of carbonyl (C=O) groups excluding carboxylic acids is 3. The molecular weight excluding hydrogens is 506 g/mol. The molecule has 3 rings (SSSR count). The van der Waals surface area contributed by atoms with Gasteiger partial charge in [-0.15, -0.1) is 0 Å². The monoisotopic (exact) mass is 531 g/mol. The largest absolute Gasteiger partial charge is 0.493 e. The number of allylic oxidation sites excluding steroid dienone is 1. The normalized spacial score (nSPS) is 15.2. The maximum atomic E-state index is 12.6. The van der Waals surface area contributed by atoms with Crippen LogP contribution in [-0.2, 0) is 14.3 Å². The molecule has 0 aliphatic carbocycles. The van der Waals surface area contributed by atoms with Crippen LogP contribution in [-0.4, -0.2) is 38.2 Å². The number of esters is 1. The highest BCUT2D eigenvalue weighted by atomic mass is 79.9. The van der Waals surface area contributed by atoms with Crippen LogP contribution in [0.1, 0.15) is 31.0 Å². The molecule has 0 bridgehead atoms. The Hall–Kier alpha value is -3.53. The van der Waals surface area contributed by atoms with E-state index in [1.165, 1.54) is 7.11 Å². The van der Waals surface area contributed by atoms with Crippen molar-refractivity contribution in [2.75, 3.05) is 25.6 Å². The number of halogens is 1. The number of benzene rings is 2. The van der Waals surface area contributed by atoms with Gasteiger partial charge in [-0.2, -0.15) is 0 Å². The van der Waals surface area contributed by atoms with Crippen LogP contribution in [0, 0.1) is 6.92 Å². The fourth-order valence-electron chi connectivity index (χ4n) is 3.43. The zero-order valence-corrected chi connectivity index (χ0v) is 20.9. The van der Waals surface area contributed by atoms with Gasteiger partial charge in [-0.05, 0) is 50.6 Å². The highest BCUT2D eigenvalue weighted by Crippen LogP contribution is 2.39. The Morgan fingerprint density at radius 2 is 1.82 bits per heavy atom. The maximum absolute atomic E-state index is 12.6. The first kappa shape index (κ1) is 25.1. The van der Waals surface area contributed by atoms with Crippen LogP contribution in [0.3, 0.4) is 0 Å². The molecule has 0 unspecified atom stereocenters. The summed E-state index contributed by atoms with van der Waals surface area (Å²) in [5.41, 5.74) is 2.98. The number of hydrogen-bond donors (Lipinski definition) is 3. The van der Waals surface area contributed by atoms with Gasteiger partial charge in [0.2, 0.25) is 0 Å². The summed E-state index contributed by atoms with van der Waals surface area (Å²) in [6, 6.07) is 9.45. The summed E-state index contributed by atoms with van der Waals surface area (Å²) in [7, 11) is 1.46. The van der Waals surface area contributed by atoms with Gasteiger partial charge in [-0.25, -0.2) is 9.59 Å². The first-order valence-electron chi connectivity index (χ1n) is 10.6. The van der Waals surface area contributed by atoms with Gasteiger partial charge in [0.1, 0.15) is 0 Å². The van der Waals surface area contributed by atoms with E-state index in [1.807, 2.05) is 31.2 Å². The quantitative estimate of drug-likeness (QED) is 0.444. The van der Waals surface area contributed by atoms with Gasteiger partial charge >= 0.3 is 12.0 Å². The average Bonchev–Trinajstić information content (AvgIpc) is 2.78. The van der Waals surface area contributed by atoms with E-state index in [-0.39, 0.29) is 24.7 Å². The molecular formula is C24H26BrN3O6.